The normalized spacial score (nSPS) is 23.6. The van der Waals surface area contributed by atoms with Crippen molar-refractivity contribution >= 4 is 12.4 Å². The summed E-state index contributed by atoms with van der Waals surface area (Å²) in [7, 11) is 2.10. The van der Waals surface area contributed by atoms with E-state index in [1.807, 2.05) is 0 Å². The molecule has 7 heteroatoms. The molecule has 0 bridgehead atoms. The van der Waals surface area contributed by atoms with Gasteiger partial charge >= 0.3 is 0 Å². The van der Waals surface area contributed by atoms with Crippen molar-refractivity contribution in [2.75, 3.05) is 39.9 Å². The zero-order chi connectivity index (χ0) is 13.1. The van der Waals surface area contributed by atoms with Crippen molar-refractivity contribution in [2.24, 2.45) is 5.92 Å². The second-order valence-electron chi connectivity index (χ2n) is 5.52. The van der Waals surface area contributed by atoms with Crippen LogP contribution in [0, 0.1) is 5.92 Å². The first-order chi connectivity index (χ1) is 9.33. The standard InChI is InChI=1S/C13H22N4O2.ClH/c1-17-6-5-14-8-11(17)13-15-12(19-16-13)4-7-18-9-10-2-3-10;/h10-11,14H,2-9H2,1H3;1H. The summed E-state index contributed by atoms with van der Waals surface area (Å²) in [6, 6.07) is 0.221. The molecule has 0 aromatic carbocycles. The van der Waals surface area contributed by atoms with Gasteiger partial charge in [0.15, 0.2) is 5.82 Å². The highest BCUT2D eigenvalue weighted by Crippen LogP contribution is 2.28. The van der Waals surface area contributed by atoms with Crippen LogP contribution in [0.25, 0.3) is 0 Å². The number of rotatable bonds is 6. The fraction of sp³-hybridized carbons (Fsp3) is 0.846. The number of ether oxygens (including phenoxy) is 1. The van der Waals surface area contributed by atoms with Crippen LogP contribution in [0.1, 0.15) is 30.6 Å². The largest absolute Gasteiger partial charge is 0.381 e. The lowest BCUT2D eigenvalue weighted by molar-refractivity contribution is 0.121. The maximum Gasteiger partial charge on any atom is 0.229 e. The van der Waals surface area contributed by atoms with Crippen LogP contribution in [0.15, 0.2) is 4.52 Å². The van der Waals surface area contributed by atoms with Gasteiger partial charge in [0.05, 0.1) is 19.1 Å². The van der Waals surface area contributed by atoms with Crippen LogP contribution in [0.2, 0.25) is 0 Å². The van der Waals surface area contributed by atoms with E-state index >= 15 is 0 Å². The van der Waals surface area contributed by atoms with Crippen molar-refractivity contribution in [1.82, 2.24) is 20.4 Å². The monoisotopic (exact) mass is 302 g/mol. The molecule has 1 aromatic heterocycles. The molecule has 3 rings (SSSR count). The zero-order valence-electron chi connectivity index (χ0n) is 11.9. The third-order valence-corrected chi connectivity index (χ3v) is 3.80. The molecule has 1 aliphatic heterocycles. The van der Waals surface area contributed by atoms with Crippen LogP contribution >= 0.6 is 12.4 Å². The molecule has 0 radical (unpaired) electrons. The Bertz CT molecular complexity index is 411. The number of aromatic nitrogens is 2. The minimum absolute atomic E-state index is 0. The fourth-order valence-electron chi connectivity index (χ4n) is 2.29. The first-order valence-corrected chi connectivity index (χ1v) is 7.14. The van der Waals surface area contributed by atoms with Crippen molar-refractivity contribution < 1.29 is 9.26 Å². The highest BCUT2D eigenvalue weighted by Gasteiger charge is 2.25. The molecule has 2 heterocycles. The average Bonchev–Trinajstić information content (AvgIpc) is 3.13. The number of nitrogens with one attached hydrogen (secondary N) is 1. The highest BCUT2D eigenvalue weighted by molar-refractivity contribution is 5.85. The predicted molar refractivity (Wildman–Crippen MR) is 77.0 cm³/mol. The summed E-state index contributed by atoms with van der Waals surface area (Å²) in [5, 5.41) is 7.45. The van der Waals surface area contributed by atoms with E-state index in [1.165, 1.54) is 12.8 Å². The summed E-state index contributed by atoms with van der Waals surface area (Å²) >= 11 is 0. The van der Waals surface area contributed by atoms with E-state index in [-0.39, 0.29) is 18.4 Å². The molecule has 6 nitrogen and oxygen atoms in total. The molecular weight excluding hydrogens is 280 g/mol. The van der Waals surface area contributed by atoms with Gasteiger partial charge in [-0.25, -0.2) is 0 Å². The zero-order valence-corrected chi connectivity index (χ0v) is 12.7. The van der Waals surface area contributed by atoms with E-state index in [9.17, 15) is 0 Å². The maximum atomic E-state index is 5.59. The molecule has 1 aromatic rings. The summed E-state index contributed by atoms with van der Waals surface area (Å²) in [6.07, 6.45) is 3.36. The Balaban J connectivity index is 0.00000147. The van der Waals surface area contributed by atoms with E-state index in [1.54, 1.807) is 0 Å². The minimum atomic E-state index is 0. The van der Waals surface area contributed by atoms with Gasteiger partial charge in [-0.3, -0.25) is 4.90 Å². The molecule has 20 heavy (non-hydrogen) atoms. The highest BCUT2D eigenvalue weighted by atomic mass is 35.5. The van der Waals surface area contributed by atoms with Gasteiger partial charge in [0.25, 0.3) is 0 Å². The number of hydrogen-bond donors (Lipinski definition) is 1. The Labute approximate surface area is 125 Å². The third kappa shape index (κ3) is 4.15. The van der Waals surface area contributed by atoms with Gasteiger partial charge in [-0.2, -0.15) is 4.98 Å². The topological polar surface area (TPSA) is 63.4 Å². The second kappa shape index (κ2) is 7.36. The smallest absolute Gasteiger partial charge is 0.229 e. The van der Waals surface area contributed by atoms with Crippen molar-refractivity contribution in [2.45, 2.75) is 25.3 Å². The van der Waals surface area contributed by atoms with Crippen molar-refractivity contribution in [3.8, 4) is 0 Å². The molecule has 1 N–H and O–H groups in total. The van der Waals surface area contributed by atoms with Crippen LogP contribution in [-0.2, 0) is 11.2 Å². The molecule has 2 aliphatic rings. The number of likely N-dealkylation sites (N-methyl/N-ethyl adjacent to an activating group) is 1. The van der Waals surface area contributed by atoms with Crippen molar-refractivity contribution in [1.29, 1.82) is 0 Å². The molecule has 1 saturated carbocycles. The van der Waals surface area contributed by atoms with E-state index in [0.717, 1.165) is 38.0 Å². The summed E-state index contributed by atoms with van der Waals surface area (Å²) in [4.78, 5) is 6.74. The summed E-state index contributed by atoms with van der Waals surface area (Å²) in [5.41, 5.74) is 0. The maximum absolute atomic E-state index is 5.59. The van der Waals surface area contributed by atoms with Gasteiger partial charge in [-0.1, -0.05) is 5.16 Å². The van der Waals surface area contributed by atoms with Crippen LogP contribution in [-0.4, -0.2) is 54.9 Å². The molecule has 1 aliphatic carbocycles. The Morgan fingerprint density at radius 2 is 2.30 bits per heavy atom. The van der Waals surface area contributed by atoms with Gasteiger partial charge in [0.2, 0.25) is 5.89 Å². The Morgan fingerprint density at radius 1 is 1.45 bits per heavy atom. The first-order valence-electron chi connectivity index (χ1n) is 7.14. The summed E-state index contributed by atoms with van der Waals surface area (Å²) < 4.78 is 10.9. The third-order valence-electron chi connectivity index (χ3n) is 3.80. The van der Waals surface area contributed by atoms with E-state index < -0.39 is 0 Å². The first kappa shape index (κ1) is 15.7. The van der Waals surface area contributed by atoms with Crippen LogP contribution in [0.4, 0.5) is 0 Å². The van der Waals surface area contributed by atoms with E-state index in [2.05, 4.69) is 27.4 Å². The molecule has 114 valence electrons. The summed E-state index contributed by atoms with van der Waals surface area (Å²) in [6.45, 7) is 4.48. The number of nitrogens with zero attached hydrogens (tertiary/aromatic N) is 3. The van der Waals surface area contributed by atoms with E-state index in [0.29, 0.717) is 18.9 Å². The lowest BCUT2D eigenvalue weighted by Crippen LogP contribution is -2.44. The Morgan fingerprint density at radius 3 is 3.05 bits per heavy atom. The SMILES string of the molecule is CN1CCNCC1c1noc(CCOCC2CC2)n1.Cl. The van der Waals surface area contributed by atoms with Crippen LogP contribution in [0.5, 0.6) is 0 Å². The van der Waals surface area contributed by atoms with Crippen LogP contribution in [0.3, 0.4) is 0 Å². The predicted octanol–water partition coefficient (Wildman–Crippen LogP) is 1.04. The Kier molecular flexibility index (Phi) is 5.77. The molecule has 1 unspecified atom stereocenters. The van der Waals surface area contributed by atoms with Crippen molar-refractivity contribution in [3.63, 3.8) is 0 Å². The second-order valence-corrected chi connectivity index (χ2v) is 5.52. The van der Waals surface area contributed by atoms with E-state index in [4.69, 9.17) is 9.26 Å². The van der Waals surface area contributed by atoms with Gasteiger partial charge in [0, 0.05) is 26.2 Å². The van der Waals surface area contributed by atoms with Gasteiger partial charge < -0.3 is 14.6 Å². The molecular formula is C13H23ClN4O2. The Hall–Kier alpha value is -0.690. The average molecular weight is 303 g/mol. The lowest BCUT2D eigenvalue weighted by atomic mass is 10.2. The van der Waals surface area contributed by atoms with Crippen LogP contribution < -0.4 is 5.32 Å². The number of halogens is 1. The molecule has 2 fully saturated rings. The number of hydrogen-bond acceptors (Lipinski definition) is 6. The molecule has 1 atom stereocenters. The fourth-order valence-corrected chi connectivity index (χ4v) is 2.29. The molecule has 0 spiro atoms. The molecule has 1 saturated heterocycles. The quantitative estimate of drug-likeness (QED) is 0.792. The van der Waals surface area contributed by atoms with Gasteiger partial charge in [-0.15, -0.1) is 12.4 Å². The summed E-state index contributed by atoms with van der Waals surface area (Å²) in [5.74, 6) is 2.27. The minimum Gasteiger partial charge on any atom is -0.381 e. The lowest BCUT2D eigenvalue weighted by Gasteiger charge is -2.30. The number of piperazine rings is 1. The van der Waals surface area contributed by atoms with Gasteiger partial charge in [0.1, 0.15) is 0 Å². The molecule has 0 amide bonds. The van der Waals surface area contributed by atoms with Crippen molar-refractivity contribution in [3.05, 3.63) is 11.7 Å². The van der Waals surface area contributed by atoms with Gasteiger partial charge in [-0.05, 0) is 25.8 Å².